The SMILES string of the molecule is O=C(CCn1nnc2ccccc21)N1CCNCC1c1ccccc1. The van der Waals surface area contributed by atoms with Gasteiger partial charge in [0.15, 0.2) is 0 Å². The lowest BCUT2D eigenvalue weighted by atomic mass is 10.0. The van der Waals surface area contributed by atoms with Gasteiger partial charge in [0, 0.05) is 26.1 Å². The molecule has 1 saturated heterocycles. The molecular formula is C19H21N5O. The van der Waals surface area contributed by atoms with Crippen molar-refractivity contribution in [3.05, 3.63) is 60.2 Å². The van der Waals surface area contributed by atoms with E-state index in [0.717, 1.165) is 30.7 Å². The van der Waals surface area contributed by atoms with Crippen LogP contribution < -0.4 is 5.32 Å². The molecule has 0 spiro atoms. The molecule has 1 aliphatic heterocycles. The van der Waals surface area contributed by atoms with Crippen molar-refractivity contribution in [3.63, 3.8) is 0 Å². The average Bonchev–Trinajstić information content (AvgIpc) is 3.10. The van der Waals surface area contributed by atoms with Gasteiger partial charge >= 0.3 is 0 Å². The molecule has 6 heteroatoms. The highest BCUT2D eigenvalue weighted by Gasteiger charge is 2.27. The molecular weight excluding hydrogens is 314 g/mol. The monoisotopic (exact) mass is 335 g/mol. The molecule has 128 valence electrons. The van der Waals surface area contributed by atoms with Gasteiger partial charge in [-0.25, -0.2) is 4.68 Å². The summed E-state index contributed by atoms with van der Waals surface area (Å²) in [6.45, 7) is 2.91. The fraction of sp³-hybridized carbons (Fsp3) is 0.316. The highest BCUT2D eigenvalue weighted by Crippen LogP contribution is 2.23. The Morgan fingerprint density at radius 2 is 1.92 bits per heavy atom. The number of benzene rings is 2. The van der Waals surface area contributed by atoms with Gasteiger partial charge in [-0.15, -0.1) is 5.10 Å². The fourth-order valence-electron chi connectivity index (χ4n) is 3.40. The molecule has 3 aromatic rings. The third kappa shape index (κ3) is 3.25. The lowest BCUT2D eigenvalue weighted by molar-refractivity contribution is -0.134. The first-order valence-electron chi connectivity index (χ1n) is 8.66. The molecule has 4 rings (SSSR count). The minimum Gasteiger partial charge on any atom is -0.333 e. The zero-order chi connectivity index (χ0) is 17.1. The second-order valence-electron chi connectivity index (χ2n) is 6.27. The number of nitrogens with zero attached hydrogens (tertiary/aromatic N) is 4. The van der Waals surface area contributed by atoms with Gasteiger partial charge in [0.25, 0.3) is 0 Å². The Bertz CT molecular complexity index is 860. The molecule has 1 atom stereocenters. The molecule has 1 unspecified atom stereocenters. The summed E-state index contributed by atoms with van der Waals surface area (Å²) in [7, 11) is 0. The predicted octanol–water partition coefficient (Wildman–Crippen LogP) is 1.99. The van der Waals surface area contributed by atoms with E-state index in [1.54, 1.807) is 0 Å². The number of amides is 1. The molecule has 1 fully saturated rings. The number of fused-ring (bicyclic) bond motifs is 1. The number of rotatable bonds is 4. The Balaban J connectivity index is 1.47. The minimum absolute atomic E-state index is 0.0925. The van der Waals surface area contributed by atoms with Gasteiger partial charge in [0.1, 0.15) is 5.52 Å². The number of carbonyl (C=O) groups excluding carboxylic acids is 1. The van der Waals surface area contributed by atoms with E-state index in [1.165, 1.54) is 5.56 Å². The van der Waals surface area contributed by atoms with Crippen LogP contribution in [0.4, 0.5) is 0 Å². The van der Waals surface area contributed by atoms with Gasteiger partial charge < -0.3 is 10.2 Å². The van der Waals surface area contributed by atoms with Crippen LogP contribution in [0.15, 0.2) is 54.6 Å². The van der Waals surface area contributed by atoms with E-state index >= 15 is 0 Å². The van der Waals surface area contributed by atoms with Crippen molar-refractivity contribution in [2.45, 2.75) is 19.0 Å². The van der Waals surface area contributed by atoms with Crippen molar-refractivity contribution >= 4 is 16.9 Å². The second kappa shape index (κ2) is 7.03. The van der Waals surface area contributed by atoms with Crippen LogP contribution in [-0.2, 0) is 11.3 Å². The van der Waals surface area contributed by atoms with Crippen LogP contribution in [0.5, 0.6) is 0 Å². The molecule has 1 N–H and O–H groups in total. The van der Waals surface area contributed by atoms with E-state index < -0.39 is 0 Å². The topological polar surface area (TPSA) is 63.1 Å². The van der Waals surface area contributed by atoms with Crippen molar-refractivity contribution in [1.82, 2.24) is 25.2 Å². The van der Waals surface area contributed by atoms with Crippen molar-refractivity contribution < 1.29 is 4.79 Å². The summed E-state index contributed by atoms with van der Waals surface area (Å²) in [5.74, 6) is 0.162. The van der Waals surface area contributed by atoms with E-state index in [9.17, 15) is 4.79 Å². The zero-order valence-electron chi connectivity index (χ0n) is 14.0. The molecule has 0 saturated carbocycles. The Labute approximate surface area is 146 Å². The summed E-state index contributed by atoms with van der Waals surface area (Å²) in [5.41, 5.74) is 3.00. The standard InChI is InChI=1S/C19H21N5O/c25-19(10-12-24-17-9-5-4-8-16(17)21-22-24)23-13-11-20-14-18(23)15-6-2-1-3-7-15/h1-9,18,20H,10-14H2. The first-order valence-corrected chi connectivity index (χ1v) is 8.66. The van der Waals surface area contributed by atoms with Gasteiger partial charge in [-0.05, 0) is 17.7 Å². The highest BCUT2D eigenvalue weighted by atomic mass is 16.2. The quantitative estimate of drug-likeness (QED) is 0.792. The number of nitrogens with one attached hydrogen (secondary N) is 1. The number of piperazine rings is 1. The Kier molecular flexibility index (Phi) is 4.43. The lowest BCUT2D eigenvalue weighted by Gasteiger charge is -2.36. The molecule has 1 aliphatic rings. The summed E-state index contributed by atoms with van der Waals surface area (Å²) < 4.78 is 1.81. The number of para-hydroxylation sites is 1. The normalized spacial score (nSPS) is 17.8. The highest BCUT2D eigenvalue weighted by molar-refractivity contribution is 5.77. The van der Waals surface area contributed by atoms with Crippen LogP contribution in [0.25, 0.3) is 11.0 Å². The van der Waals surface area contributed by atoms with Crippen LogP contribution in [0.2, 0.25) is 0 Å². The molecule has 6 nitrogen and oxygen atoms in total. The number of aromatic nitrogens is 3. The fourth-order valence-corrected chi connectivity index (χ4v) is 3.40. The van der Waals surface area contributed by atoms with E-state index in [2.05, 4.69) is 27.8 Å². The maximum Gasteiger partial charge on any atom is 0.225 e. The van der Waals surface area contributed by atoms with Gasteiger partial charge in [0.2, 0.25) is 5.91 Å². The maximum atomic E-state index is 12.8. The van der Waals surface area contributed by atoms with Gasteiger partial charge in [-0.3, -0.25) is 4.79 Å². The number of aryl methyl sites for hydroxylation is 1. The molecule has 0 radical (unpaired) electrons. The molecule has 1 amide bonds. The van der Waals surface area contributed by atoms with Gasteiger partial charge in [-0.2, -0.15) is 0 Å². The molecule has 0 bridgehead atoms. The van der Waals surface area contributed by atoms with Crippen molar-refractivity contribution in [3.8, 4) is 0 Å². The third-order valence-corrected chi connectivity index (χ3v) is 4.71. The smallest absolute Gasteiger partial charge is 0.225 e. The summed E-state index contributed by atoms with van der Waals surface area (Å²) in [5, 5.41) is 11.7. The molecule has 2 aromatic carbocycles. The third-order valence-electron chi connectivity index (χ3n) is 4.71. The van der Waals surface area contributed by atoms with Gasteiger partial charge in [-0.1, -0.05) is 47.7 Å². The average molecular weight is 335 g/mol. The first kappa shape index (κ1) is 15.8. The largest absolute Gasteiger partial charge is 0.333 e. The summed E-state index contributed by atoms with van der Waals surface area (Å²) in [6.07, 6.45) is 0.427. The molecule has 2 heterocycles. The Hall–Kier alpha value is -2.73. The zero-order valence-corrected chi connectivity index (χ0v) is 14.0. The second-order valence-corrected chi connectivity index (χ2v) is 6.27. The molecule has 0 aliphatic carbocycles. The predicted molar refractivity (Wildman–Crippen MR) is 95.9 cm³/mol. The summed E-state index contributed by atoms with van der Waals surface area (Å²) >= 11 is 0. The van der Waals surface area contributed by atoms with Gasteiger partial charge in [0.05, 0.1) is 18.1 Å². The number of hydrogen-bond acceptors (Lipinski definition) is 4. The lowest BCUT2D eigenvalue weighted by Crippen LogP contribution is -2.48. The van der Waals surface area contributed by atoms with E-state index in [1.807, 2.05) is 52.0 Å². The van der Waals surface area contributed by atoms with Crippen LogP contribution in [0, 0.1) is 0 Å². The van der Waals surface area contributed by atoms with Crippen LogP contribution in [0.1, 0.15) is 18.0 Å². The Morgan fingerprint density at radius 3 is 2.80 bits per heavy atom. The van der Waals surface area contributed by atoms with E-state index in [-0.39, 0.29) is 11.9 Å². The minimum atomic E-state index is 0.0925. The Morgan fingerprint density at radius 1 is 1.12 bits per heavy atom. The van der Waals surface area contributed by atoms with Crippen LogP contribution in [0.3, 0.4) is 0 Å². The van der Waals surface area contributed by atoms with Crippen molar-refractivity contribution in [2.24, 2.45) is 0 Å². The van der Waals surface area contributed by atoms with E-state index in [0.29, 0.717) is 13.0 Å². The van der Waals surface area contributed by atoms with Crippen LogP contribution in [-0.4, -0.2) is 45.4 Å². The maximum absolute atomic E-state index is 12.8. The summed E-state index contributed by atoms with van der Waals surface area (Å²) in [4.78, 5) is 14.8. The van der Waals surface area contributed by atoms with Crippen LogP contribution >= 0.6 is 0 Å². The molecule has 1 aromatic heterocycles. The number of hydrogen-bond donors (Lipinski definition) is 1. The first-order chi connectivity index (χ1) is 12.3. The van der Waals surface area contributed by atoms with Crippen molar-refractivity contribution in [2.75, 3.05) is 19.6 Å². The molecule has 25 heavy (non-hydrogen) atoms. The van der Waals surface area contributed by atoms with E-state index in [4.69, 9.17) is 0 Å². The summed E-state index contributed by atoms with van der Waals surface area (Å²) in [6, 6.07) is 18.1. The van der Waals surface area contributed by atoms with Crippen molar-refractivity contribution in [1.29, 1.82) is 0 Å². The number of carbonyl (C=O) groups is 1.